The summed E-state index contributed by atoms with van der Waals surface area (Å²) in [7, 11) is 0. The molecular formula is C13H22ClNO. The zero-order valence-corrected chi connectivity index (χ0v) is 10.7. The summed E-state index contributed by atoms with van der Waals surface area (Å²) < 4.78 is 0. The van der Waals surface area contributed by atoms with Crippen LogP contribution in [0.5, 0.6) is 0 Å². The van der Waals surface area contributed by atoms with E-state index in [1.165, 1.54) is 51.6 Å². The van der Waals surface area contributed by atoms with Crippen LogP contribution in [0.3, 0.4) is 0 Å². The lowest BCUT2D eigenvalue weighted by atomic mass is 9.87. The van der Waals surface area contributed by atoms with Gasteiger partial charge in [0.1, 0.15) is 5.78 Å². The topological polar surface area (TPSA) is 20.3 Å². The van der Waals surface area contributed by atoms with Crippen LogP contribution < -0.4 is 0 Å². The van der Waals surface area contributed by atoms with Gasteiger partial charge in [-0.3, -0.25) is 4.79 Å². The second-order valence-corrected chi connectivity index (χ2v) is 5.64. The van der Waals surface area contributed by atoms with Gasteiger partial charge in [0.05, 0.1) is 0 Å². The van der Waals surface area contributed by atoms with Crippen molar-refractivity contribution in [2.75, 3.05) is 19.6 Å². The van der Waals surface area contributed by atoms with Crippen LogP contribution in [-0.2, 0) is 4.79 Å². The first-order valence-corrected chi connectivity index (χ1v) is 6.60. The molecule has 0 radical (unpaired) electrons. The molecule has 2 bridgehead atoms. The number of fused-ring (bicyclic) bond motifs is 2. The van der Waals surface area contributed by atoms with Crippen LogP contribution in [0.2, 0.25) is 0 Å². The van der Waals surface area contributed by atoms with Crippen LogP contribution in [0, 0.1) is 17.8 Å². The van der Waals surface area contributed by atoms with Gasteiger partial charge in [0.25, 0.3) is 0 Å². The van der Waals surface area contributed by atoms with Gasteiger partial charge in [-0.05, 0) is 51.1 Å². The van der Waals surface area contributed by atoms with Crippen molar-refractivity contribution in [3.05, 3.63) is 0 Å². The fraction of sp³-hybridized carbons (Fsp3) is 0.923. The summed E-state index contributed by atoms with van der Waals surface area (Å²) in [6, 6.07) is 0. The zero-order chi connectivity index (χ0) is 10.3. The van der Waals surface area contributed by atoms with Crippen molar-refractivity contribution in [1.29, 1.82) is 0 Å². The van der Waals surface area contributed by atoms with Gasteiger partial charge in [-0.2, -0.15) is 0 Å². The fourth-order valence-electron chi connectivity index (χ4n) is 3.83. The Morgan fingerprint density at radius 2 is 1.88 bits per heavy atom. The summed E-state index contributed by atoms with van der Waals surface area (Å²) in [4.78, 5) is 14.5. The monoisotopic (exact) mass is 243 g/mol. The van der Waals surface area contributed by atoms with Crippen molar-refractivity contribution < 1.29 is 4.79 Å². The van der Waals surface area contributed by atoms with Gasteiger partial charge in [0, 0.05) is 18.4 Å². The number of likely N-dealkylation sites (tertiary alicyclic amines) is 1. The lowest BCUT2D eigenvalue weighted by molar-refractivity contribution is -0.126. The molecule has 0 N–H and O–H groups in total. The van der Waals surface area contributed by atoms with Gasteiger partial charge in [-0.25, -0.2) is 0 Å². The minimum absolute atomic E-state index is 0. The van der Waals surface area contributed by atoms with Gasteiger partial charge in [0.15, 0.2) is 0 Å². The Morgan fingerprint density at radius 3 is 2.50 bits per heavy atom. The third-order valence-corrected chi connectivity index (χ3v) is 4.71. The Labute approximate surface area is 104 Å². The van der Waals surface area contributed by atoms with E-state index in [0.717, 1.165) is 12.5 Å². The van der Waals surface area contributed by atoms with Gasteiger partial charge in [-0.1, -0.05) is 6.42 Å². The SMILES string of the molecule is Cl.O=C1C2CCC(C2)C1CN1CCCCC1. The second kappa shape index (κ2) is 5.05. The summed E-state index contributed by atoms with van der Waals surface area (Å²) in [6.45, 7) is 3.56. The molecule has 1 saturated heterocycles. The van der Waals surface area contributed by atoms with E-state index >= 15 is 0 Å². The lowest BCUT2D eigenvalue weighted by Crippen LogP contribution is -2.38. The highest BCUT2D eigenvalue weighted by Gasteiger charge is 2.46. The van der Waals surface area contributed by atoms with E-state index < -0.39 is 0 Å². The Morgan fingerprint density at radius 1 is 1.12 bits per heavy atom. The maximum Gasteiger partial charge on any atom is 0.140 e. The predicted octanol–water partition coefficient (Wildman–Crippen LogP) is 2.51. The molecule has 1 heterocycles. The standard InChI is InChI=1S/C13H21NO.ClH/c15-13-11-5-4-10(8-11)12(13)9-14-6-2-1-3-7-14;/h10-12H,1-9H2;1H. The van der Waals surface area contributed by atoms with E-state index in [-0.39, 0.29) is 12.4 Å². The molecule has 2 saturated carbocycles. The molecule has 0 aromatic rings. The summed E-state index contributed by atoms with van der Waals surface area (Å²) in [5.41, 5.74) is 0. The Kier molecular flexibility index (Phi) is 3.91. The Bertz CT molecular complexity index is 263. The molecule has 2 nitrogen and oxygen atoms in total. The first kappa shape index (κ1) is 12.4. The molecule has 16 heavy (non-hydrogen) atoms. The van der Waals surface area contributed by atoms with E-state index in [1.54, 1.807) is 0 Å². The van der Waals surface area contributed by atoms with Crippen molar-refractivity contribution in [2.45, 2.75) is 38.5 Å². The first-order chi connectivity index (χ1) is 7.34. The molecule has 2 aliphatic carbocycles. The highest BCUT2D eigenvalue weighted by molar-refractivity contribution is 5.87. The third-order valence-electron chi connectivity index (χ3n) is 4.71. The molecule has 0 spiro atoms. The molecule has 3 rings (SSSR count). The van der Waals surface area contributed by atoms with E-state index in [0.29, 0.717) is 17.6 Å². The molecule has 0 amide bonds. The molecule has 0 aromatic carbocycles. The normalized spacial score (nSPS) is 38.8. The summed E-state index contributed by atoms with van der Waals surface area (Å²) in [6.07, 6.45) is 7.82. The van der Waals surface area contributed by atoms with Gasteiger partial charge in [-0.15, -0.1) is 12.4 Å². The van der Waals surface area contributed by atoms with Crippen molar-refractivity contribution in [3.8, 4) is 0 Å². The Balaban J connectivity index is 0.000000963. The van der Waals surface area contributed by atoms with Crippen LogP contribution >= 0.6 is 12.4 Å². The minimum Gasteiger partial charge on any atom is -0.303 e. The van der Waals surface area contributed by atoms with Crippen molar-refractivity contribution in [1.82, 2.24) is 4.90 Å². The number of carbonyl (C=O) groups is 1. The molecular weight excluding hydrogens is 222 g/mol. The number of Topliss-reactive ketones (excluding diaryl/α,β-unsaturated/α-hetero) is 1. The van der Waals surface area contributed by atoms with Crippen molar-refractivity contribution in [3.63, 3.8) is 0 Å². The molecule has 0 aromatic heterocycles. The zero-order valence-electron chi connectivity index (χ0n) is 9.86. The van der Waals surface area contributed by atoms with Crippen LogP contribution in [-0.4, -0.2) is 30.3 Å². The summed E-state index contributed by atoms with van der Waals surface area (Å²) in [5.74, 6) is 2.24. The van der Waals surface area contributed by atoms with E-state index in [2.05, 4.69) is 4.90 Å². The first-order valence-electron chi connectivity index (χ1n) is 6.60. The average Bonchev–Trinajstić information content (AvgIpc) is 2.84. The van der Waals surface area contributed by atoms with Gasteiger partial charge >= 0.3 is 0 Å². The number of rotatable bonds is 2. The van der Waals surface area contributed by atoms with Crippen molar-refractivity contribution in [2.24, 2.45) is 17.8 Å². The fourth-order valence-corrected chi connectivity index (χ4v) is 3.83. The molecule has 3 heteroatoms. The van der Waals surface area contributed by atoms with Gasteiger partial charge < -0.3 is 4.90 Å². The number of piperidine rings is 1. The number of halogens is 1. The quantitative estimate of drug-likeness (QED) is 0.743. The van der Waals surface area contributed by atoms with E-state index in [1.807, 2.05) is 0 Å². The maximum atomic E-state index is 12.0. The molecule has 1 aliphatic heterocycles. The van der Waals surface area contributed by atoms with E-state index in [4.69, 9.17) is 0 Å². The minimum atomic E-state index is 0. The Hall–Kier alpha value is -0.0800. The number of hydrogen-bond acceptors (Lipinski definition) is 2. The molecule has 3 unspecified atom stereocenters. The van der Waals surface area contributed by atoms with E-state index in [9.17, 15) is 4.79 Å². The molecule has 3 aliphatic rings. The summed E-state index contributed by atoms with van der Waals surface area (Å²) >= 11 is 0. The van der Waals surface area contributed by atoms with Crippen LogP contribution in [0.4, 0.5) is 0 Å². The molecule has 3 atom stereocenters. The highest BCUT2D eigenvalue weighted by atomic mass is 35.5. The van der Waals surface area contributed by atoms with Crippen molar-refractivity contribution >= 4 is 18.2 Å². The third kappa shape index (κ3) is 2.14. The largest absolute Gasteiger partial charge is 0.303 e. The van der Waals surface area contributed by atoms with Gasteiger partial charge in [0.2, 0.25) is 0 Å². The average molecular weight is 244 g/mol. The number of ketones is 1. The smallest absolute Gasteiger partial charge is 0.140 e. The van der Waals surface area contributed by atoms with Crippen LogP contribution in [0.25, 0.3) is 0 Å². The number of nitrogens with zero attached hydrogens (tertiary/aromatic N) is 1. The molecule has 92 valence electrons. The number of hydrogen-bond donors (Lipinski definition) is 0. The predicted molar refractivity (Wildman–Crippen MR) is 66.9 cm³/mol. The van der Waals surface area contributed by atoms with Crippen LogP contribution in [0.15, 0.2) is 0 Å². The maximum absolute atomic E-state index is 12.0. The highest BCUT2D eigenvalue weighted by Crippen LogP contribution is 2.46. The summed E-state index contributed by atoms with van der Waals surface area (Å²) in [5, 5.41) is 0. The lowest BCUT2D eigenvalue weighted by Gasteiger charge is -2.31. The number of carbonyl (C=O) groups excluding carboxylic acids is 1. The molecule has 3 fully saturated rings. The second-order valence-electron chi connectivity index (χ2n) is 5.64. The van der Waals surface area contributed by atoms with Crippen LogP contribution in [0.1, 0.15) is 38.5 Å².